The summed E-state index contributed by atoms with van der Waals surface area (Å²) in [6, 6.07) is -0.0963. The molecular weight excluding hydrogens is 234 g/mol. The van der Waals surface area contributed by atoms with Crippen LogP contribution in [0.15, 0.2) is 0 Å². The molecule has 0 aromatic heterocycles. The average molecular weight is 259 g/mol. The van der Waals surface area contributed by atoms with Crippen molar-refractivity contribution in [3.8, 4) is 0 Å². The van der Waals surface area contributed by atoms with E-state index < -0.39 is 0 Å². The van der Waals surface area contributed by atoms with Crippen LogP contribution >= 0.6 is 0 Å². The van der Waals surface area contributed by atoms with E-state index in [4.69, 9.17) is 4.74 Å². The number of amides is 3. The fourth-order valence-electron chi connectivity index (χ4n) is 1.44. The highest BCUT2D eigenvalue weighted by molar-refractivity contribution is 5.74. The maximum absolute atomic E-state index is 11.3. The van der Waals surface area contributed by atoms with E-state index >= 15 is 0 Å². The first-order chi connectivity index (χ1) is 8.47. The standard InChI is InChI=1S/C12H25N3O3/c1-10(2)14-12(17)13-6-8-15(11(3)16)7-5-9-18-4/h10H,5-9H2,1-4H3,(H2,13,14,17). The Morgan fingerprint density at radius 3 is 2.44 bits per heavy atom. The third-order valence-electron chi connectivity index (χ3n) is 2.31. The van der Waals surface area contributed by atoms with E-state index in [1.807, 2.05) is 13.8 Å². The number of carbonyl (C=O) groups is 2. The summed E-state index contributed by atoms with van der Waals surface area (Å²) in [6.07, 6.45) is 0.800. The molecule has 0 radical (unpaired) electrons. The molecule has 0 saturated carbocycles. The van der Waals surface area contributed by atoms with Crippen molar-refractivity contribution in [2.45, 2.75) is 33.2 Å². The van der Waals surface area contributed by atoms with Crippen molar-refractivity contribution in [1.29, 1.82) is 0 Å². The molecule has 0 aromatic carbocycles. The molecule has 18 heavy (non-hydrogen) atoms. The van der Waals surface area contributed by atoms with E-state index in [1.54, 1.807) is 12.0 Å². The highest BCUT2D eigenvalue weighted by atomic mass is 16.5. The minimum atomic E-state index is -0.203. The van der Waals surface area contributed by atoms with Crippen LogP contribution in [0.4, 0.5) is 4.79 Å². The number of rotatable bonds is 8. The number of nitrogens with zero attached hydrogens (tertiary/aromatic N) is 1. The molecule has 0 aliphatic carbocycles. The zero-order chi connectivity index (χ0) is 14.0. The topological polar surface area (TPSA) is 70.7 Å². The molecule has 6 heteroatoms. The Labute approximate surface area is 109 Å². The van der Waals surface area contributed by atoms with E-state index in [1.165, 1.54) is 6.92 Å². The van der Waals surface area contributed by atoms with Crippen LogP contribution in [0.1, 0.15) is 27.2 Å². The van der Waals surface area contributed by atoms with Gasteiger partial charge in [-0.3, -0.25) is 4.79 Å². The summed E-state index contributed by atoms with van der Waals surface area (Å²) in [6.45, 7) is 7.57. The van der Waals surface area contributed by atoms with Gasteiger partial charge in [-0.1, -0.05) is 0 Å². The second-order valence-corrected chi connectivity index (χ2v) is 4.41. The lowest BCUT2D eigenvalue weighted by molar-refractivity contribution is -0.128. The predicted molar refractivity (Wildman–Crippen MR) is 70.4 cm³/mol. The Hall–Kier alpha value is -1.30. The first kappa shape index (κ1) is 16.7. The predicted octanol–water partition coefficient (Wildman–Crippen LogP) is 0.579. The van der Waals surface area contributed by atoms with Crippen molar-refractivity contribution in [3.05, 3.63) is 0 Å². The molecule has 0 unspecified atom stereocenters. The lowest BCUT2D eigenvalue weighted by Gasteiger charge is -2.21. The van der Waals surface area contributed by atoms with Crippen molar-refractivity contribution in [3.63, 3.8) is 0 Å². The van der Waals surface area contributed by atoms with Crippen molar-refractivity contribution < 1.29 is 14.3 Å². The molecule has 0 fully saturated rings. The minimum absolute atomic E-state index is 0.0113. The van der Waals surface area contributed by atoms with Crippen molar-refractivity contribution in [1.82, 2.24) is 15.5 Å². The molecular formula is C12H25N3O3. The third-order valence-corrected chi connectivity index (χ3v) is 2.31. The summed E-state index contributed by atoms with van der Waals surface area (Å²) in [4.78, 5) is 24.4. The summed E-state index contributed by atoms with van der Waals surface area (Å²) in [5.41, 5.74) is 0. The highest BCUT2D eigenvalue weighted by Crippen LogP contribution is 1.92. The smallest absolute Gasteiger partial charge is 0.315 e. The number of urea groups is 1. The van der Waals surface area contributed by atoms with Gasteiger partial charge < -0.3 is 20.3 Å². The Morgan fingerprint density at radius 1 is 1.28 bits per heavy atom. The molecule has 3 amide bonds. The Bertz CT molecular complexity index is 257. The van der Waals surface area contributed by atoms with Crippen LogP contribution in [0.2, 0.25) is 0 Å². The van der Waals surface area contributed by atoms with Gasteiger partial charge in [0, 0.05) is 46.3 Å². The molecule has 106 valence electrons. The quantitative estimate of drug-likeness (QED) is 0.626. The molecule has 0 aromatic rings. The molecule has 0 rings (SSSR count). The summed E-state index contributed by atoms with van der Waals surface area (Å²) in [7, 11) is 1.63. The zero-order valence-corrected chi connectivity index (χ0v) is 11.8. The third kappa shape index (κ3) is 8.81. The van der Waals surface area contributed by atoms with Crippen LogP contribution in [-0.4, -0.2) is 56.2 Å². The maximum Gasteiger partial charge on any atom is 0.315 e. The van der Waals surface area contributed by atoms with Gasteiger partial charge in [0.25, 0.3) is 0 Å². The molecule has 0 heterocycles. The van der Waals surface area contributed by atoms with E-state index in [2.05, 4.69) is 10.6 Å². The maximum atomic E-state index is 11.3. The van der Waals surface area contributed by atoms with Crippen LogP contribution in [0.3, 0.4) is 0 Å². The van der Waals surface area contributed by atoms with Crippen molar-refractivity contribution in [2.75, 3.05) is 33.4 Å². The molecule has 0 bridgehead atoms. The van der Waals surface area contributed by atoms with Crippen molar-refractivity contribution >= 4 is 11.9 Å². The second kappa shape index (κ2) is 9.70. The molecule has 6 nitrogen and oxygen atoms in total. The number of hydrogen-bond donors (Lipinski definition) is 2. The first-order valence-corrected chi connectivity index (χ1v) is 6.26. The summed E-state index contributed by atoms with van der Waals surface area (Å²) in [5, 5.41) is 5.44. The van der Waals surface area contributed by atoms with E-state index in [9.17, 15) is 9.59 Å². The van der Waals surface area contributed by atoms with Gasteiger partial charge in [0.05, 0.1) is 0 Å². The summed E-state index contributed by atoms with van der Waals surface area (Å²) in [5.74, 6) is 0.0113. The number of methoxy groups -OCH3 is 1. The normalized spacial score (nSPS) is 10.3. The monoisotopic (exact) mass is 259 g/mol. The summed E-state index contributed by atoms with van der Waals surface area (Å²) >= 11 is 0. The summed E-state index contributed by atoms with van der Waals surface area (Å²) < 4.78 is 4.94. The van der Waals surface area contributed by atoms with Crippen LogP contribution in [0.25, 0.3) is 0 Å². The fraction of sp³-hybridized carbons (Fsp3) is 0.833. The van der Waals surface area contributed by atoms with Gasteiger partial charge in [-0.15, -0.1) is 0 Å². The molecule has 0 aliphatic heterocycles. The Morgan fingerprint density at radius 2 is 1.94 bits per heavy atom. The van der Waals surface area contributed by atoms with Gasteiger partial charge >= 0.3 is 6.03 Å². The lowest BCUT2D eigenvalue weighted by Crippen LogP contribution is -2.43. The van der Waals surface area contributed by atoms with E-state index in [0.29, 0.717) is 26.2 Å². The Kier molecular flexibility index (Phi) is 9.00. The molecule has 0 atom stereocenters. The molecule has 2 N–H and O–H groups in total. The van der Waals surface area contributed by atoms with Gasteiger partial charge in [-0.2, -0.15) is 0 Å². The SMILES string of the molecule is COCCCN(CCNC(=O)NC(C)C)C(C)=O. The van der Waals surface area contributed by atoms with Gasteiger partial charge in [0.15, 0.2) is 0 Å². The first-order valence-electron chi connectivity index (χ1n) is 6.26. The second-order valence-electron chi connectivity index (χ2n) is 4.41. The molecule has 0 saturated heterocycles. The number of nitrogens with one attached hydrogen (secondary N) is 2. The number of hydrogen-bond acceptors (Lipinski definition) is 3. The fourth-order valence-corrected chi connectivity index (χ4v) is 1.44. The van der Waals surface area contributed by atoms with Gasteiger partial charge in [-0.25, -0.2) is 4.79 Å². The molecule has 0 spiro atoms. The highest BCUT2D eigenvalue weighted by Gasteiger charge is 2.08. The largest absolute Gasteiger partial charge is 0.385 e. The van der Waals surface area contributed by atoms with E-state index in [-0.39, 0.29) is 18.0 Å². The van der Waals surface area contributed by atoms with Gasteiger partial charge in [0.2, 0.25) is 5.91 Å². The Balaban J connectivity index is 3.83. The number of carbonyl (C=O) groups excluding carboxylic acids is 2. The average Bonchev–Trinajstić information content (AvgIpc) is 2.25. The van der Waals surface area contributed by atoms with Gasteiger partial charge in [0.1, 0.15) is 0 Å². The lowest BCUT2D eigenvalue weighted by atomic mass is 10.3. The van der Waals surface area contributed by atoms with Crippen LogP contribution in [0, 0.1) is 0 Å². The zero-order valence-electron chi connectivity index (χ0n) is 11.8. The van der Waals surface area contributed by atoms with Crippen LogP contribution < -0.4 is 10.6 Å². The minimum Gasteiger partial charge on any atom is -0.385 e. The van der Waals surface area contributed by atoms with Crippen molar-refractivity contribution in [2.24, 2.45) is 0 Å². The molecule has 0 aliphatic rings. The number of ether oxygens (including phenoxy) is 1. The van der Waals surface area contributed by atoms with Crippen LogP contribution in [0.5, 0.6) is 0 Å². The van der Waals surface area contributed by atoms with Gasteiger partial charge in [-0.05, 0) is 20.3 Å². The van der Waals surface area contributed by atoms with Crippen LogP contribution in [-0.2, 0) is 9.53 Å². The van der Waals surface area contributed by atoms with E-state index in [0.717, 1.165) is 6.42 Å².